The number of hydrogen-bond acceptors (Lipinski definition) is 6. The third-order valence-electron chi connectivity index (χ3n) is 7.78. The van der Waals surface area contributed by atoms with Crippen molar-refractivity contribution in [1.29, 1.82) is 0 Å². The number of rotatable bonds is 33. The zero-order valence-corrected chi connectivity index (χ0v) is 29.2. The van der Waals surface area contributed by atoms with E-state index in [9.17, 15) is 14.2 Å². The van der Waals surface area contributed by atoms with Crippen LogP contribution in [0.5, 0.6) is 0 Å². The first-order valence-corrected chi connectivity index (χ1v) is 19.5. The van der Waals surface area contributed by atoms with Crippen molar-refractivity contribution in [2.24, 2.45) is 0 Å². The van der Waals surface area contributed by atoms with Gasteiger partial charge in [-0.05, 0) is 38.5 Å². The van der Waals surface area contributed by atoms with Crippen LogP contribution in [0.15, 0.2) is 12.2 Å². The minimum Gasteiger partial charge on any atom is -0.462 e. The highest BCUT2D eigenvalue weighted by Gasteiger charge is 2.22. The number of carbonyl (C=O) groups excluding carboxylic acids is 2. The van der Waals surface area contributed by atoms with Crippen molar-refractivity contribution in [3.8, 4) is 0 Å². The highest BCUT2D eigenvalue weighted by Crippen LogP contribution is 2.36. The normalized spacial score (nSPS) is 12.5. The van der Waals surface area contributed by atoms with Crippen molar-refractivity contribution in [2.45, 2.75) is 187 Å². The summed E-state index contributed by atoms with van der Waals surface area (Å²) in [6, 6.07) is 0. The lowest BCUT2D eigenvalue weighted by Crippen LogP contribution is -2.29. The molecule has 44 heavy (non-hydrogen) atoms. The van der Waals surface area contributed by atoms with Crippen LogP contribution in [0, 0.1) is 0 Å². The molecule has 0 bridgehead atoms. The Bertz CT molecular complexity index is 736. The van der Waals surface area contributed by atoms with Crippen LogP contribution in [-0.4, -0.2) is 41.0 Å². The fourth-order valence-electron chi connectivity index (χ4n) is 5.07. The van der Waals surface area contributed by atoms with Gasteiger partial charge in [-0.1, -0.05) is 142 Å². The second-order valence-corrected chi connectivity index (χ2v) is 13.4. The van der Waals surface area contributed by atoms with Crippen LogP contribution in [0.2, 0.25) is 0 Å². The molecule has 0 unspecified atom stereocenters. The predicted molar refractivity (Wildman–Crippen MR) is 179 cm³/mol. The fraction of sp³-hybridized carbons (Fsp3) is 0.886. The van der Waals surface area contributed by atoms with Gasteiger partial charge in [-0.25, -0.2) is 4.57 Å². The van der Waals surface area contributed by atoms with Crippen molar-refractivity contribution < 1.29 is 37.9 Å². The molecule has 0 aliphatic rings. The van der Waals surface area contributed by atoms with Gasteiger partial charge >= 0.3 is 19.8 Å². The molecular formula is C35H67O8P. The number of unbranched alkanes of at least 4 members (excludes halogenated alkanes) is 21. The van der Waals surface area contributed by atoms with Crippen LogP contribution in [0.4, 0.5) is 0 Å². The lowest BCUT2D eigenvalue weighted by Gasteiger charge is -2.18. The van der Waals surface area contributed by atoms with E-state index in [2.05, 4.69) is 30.5 Å². The van der Waals surface area contributed by atoms with Gasteiger partial charge in [-0.15, -0.1) is 0 Å². The third kappa shape index (κ3) is 33.7. The van der Waals surface area contributed by atoms with Gasteiger partial charge < -0.3 is 19.3 Å². The highest BCUT2D eigenvalue weighted by atomic mass is 31.2. The number of ether oxygens (including phenoxy) is 2. The van der Waals surface area contributed by atoms with Gasteiger partial charge in [0.2, 0.25) is 0 Å². The summed E-state index contributed by atoms with van der Waals surface area (Å²) < 4.78 is 26.2. The molecular weight excluding hydrogens is 579 g/mol. The van der Waals surface area contributed by atoms with E-state index in [-0.39, 0.29) is 19.4 Å². The smallest absolute Gasteiger partial charge is 0.462 e. The summed E-state index contributed by atoms with van der Waals surface area (Å²) in [5.41, 5.74) is 0. The first-order valence-electron chi connectivity index (χ1n) is 18.0. The third-order valence-corrected chi connectivity index (χ3v) is 8.27. The monoisotopic (exact) mass is 646 g/mol. The molecule has 0 radical (unpaired) electrons. The summed E-state index contributed by atoms with van der Waals surface area (Å²) >= 11 is 0. The van der Waals surface area contributed by atoms with Gasteiger partial charge in [0, 0.05) is 12.8 Å². The van der Waals surface area contributed by atoms with Crippen molar-refractivity contribution in [3.05, 3.63) is 12.2 Å². The van der Waals surface area contributed by atoms with Crippen LogP contribution < -0.4 is 0 Å². The predicted octanol–water partition coefficient (Wildman–Crippen LogP) is 10.3. The van der Waals surface area contributed by atoms with E-state index in [1.807, 2.05) is 0 Å². The average molecular weight is 647 g/mol. The lowest BCUT2D eigenvalue weighted by molar-refractivity contribution is -0.161. The average Bonchev–Trinajstić information content (AvgIpc) is 2.98. The van der Waals surface area contributed by atoms with Crippen molar-refractivity contribution in [1.82, 2.24) is 0 Å². The Labute approximate surface area is 269 Å². The molecule has 0 aliphatic carbocycles. The Morgan fingerprint density at radius 3 is 1.39 bits per heavy atom. The minimum atomic E-state index is -4.74. The zero-order chi connectivity index (χ0) is 32.6. The Morgan fingerprint density at radius 2 is 0.955 bits per heavy atom. The molecule has 260 valence electrons. The van der Waals surface area contributed by atoms with Gasteiger partial charge in [-0.3, -0.25) is 14.1 Å². The molecule has 8 nitrogen and oxygen atoms in total. The highest BCUT2D eigenvalue weighted by molar-refractivity contribution is 7.46. The first-order chi connectivity index (χ1) is 21.3. The van der Waals surface area contributed by atoms with Gasteiger partial charge in [0.05, 0.1) is 6.61 Å². The SMILES string of the molecule is CCCCCCC/C=C/CCCCCCCC(=O)OC[C@H](COP(=O)(O)O)OC(=O)CCCCCCCCCCCCCC. The molecule has 9 heteroatoms. The zero-order valence-electron chi connectivity index (χ0n) is 28.3. The number of hydrogen-bond donors (Lipinski definition) is 2. The summed E-state index contributed by atoms with van der Waals surface area (Å²) in [4.78, 5) is 42.6. The Hall–Kier alpha value is -1.21. The number of allylic oxidation sites excluding steroid dienone is 2. The molecule has 0 spiro atoms. The van der Waals surface area contributed by atoms with Gasteiger partial charge in [0.25, 0.3) is 0 Å². The molecule has 0 amide bonds. The van der Waals surface area contributed by atoms with Crippen LogP contribution in [0.1, 0.15) is 181 Å². The van der Waals surface area contributed by atoms with Gasteiger partial charge in [-0.2, -0.15) is 0 Å². The molecule has 0 heterocycles. The molecule has 0 aromatic carbocycles. The quantitative estimate of drug-likeness (QED) is 0.0313. The van der Waals surface area contributed by atoms with Gasteiger partial charge in [0.15, 0.2) is 6.10 Å². The number of carbonyl (C=O) groups is 2. The van der Waals surface area contributed by atoms with E-state index in [0.29, 0.717) is 6.42 Å². The van der Waals surface area contributed by atoms with E-state index >= 15 is 0 Å². The lowest BCUT2D eigenvalue weighted by atomic mass is 10.0. The van der Waals surface area contributed by atoms with E-state index in [1.165, 1.54) is 89.9 Å². The van der Waals surface area contributed by atoms with Crippen LogP contribution >= 0.6 is 7.82 Å². The summed E-state index contributed by atoms with van der Waals surface area (Å²) in [5.74, 6) is -0.890. The maximum Gasteiger partial charge on any atom is 0.469 e. The van der Waals surface area contributed by atoms with Crippen LogP contribution in [0.3, 0.4) is 0 Å². The van der Waals surface area contributed by atoms with Gasteiger partial charge in [0.1, 0.15) is 6.61 Å². The molecule has 0 aliphatic heterocycles. The summed E-state index contributed by atoms with van der Waals surface area (Å²) in [5, 5.41) is 0. The van der Waals surface area contributed by atoms with E-state index < -0.39 is 32.5 Å². The Kier molecular flexibility index (Phi) is 30.9. The fourth-order valence-corrected chi connectivity index (χ4v) is 5.43. The van der Waals surface area contributed by atoms with E-state index in [4.69, 9.17) is 19.3 Å². The second kappa shape index (κ2) is 31.8. The first kappa shape index (κ1) is 42.8. The molecule has 0 fully saturated rings. The van der Waals surface area contributed by atoms with Crippen molar-refractivity contribution in [3.63, 3.8) is 0 Å². The maximum atomic E-state index is 12.3. The number of esters is 2. The van der Waals surface area contributed by atoms with E-state index in [1.54, 1.807) is 0 Å². The summed E-state index contributed by atoms with van der Waals surface area (Å²) in [6.07, 6.45) is 32.2. The minimum absolute atomic E-state index is 0.215. The molecule has 0 rings (SSSR count). The molecule has 0 aromatic heterocycles. The van der Waals surface area contributed by atoms with E-state index in [0.717, 1.165) is 57.8 Å². The molecule has 0 saturated heterocycles. The van der Waals surface area contributed by atoms with Crippen molar-refractivity contribution in [2.75, 3.05) is 13.2 Å². The number of phosphoric ester groups is 1. The molecule has 0 aromatic rings. The topological polar surface area (TPSA) is 119 Å². The maximum absolute atomic E-state index is 12.3. The summed E-state index contributed by atoms with van der Waals surface area (Å²) in [6.45, 7) is 3.65. The number of phosphoric acid groups is 1. The standard InChI is InChI=1S/C35H67O8P/c1-3-5-7-9-11-13-15-17-18-20-21-23-25-27-29-34(36)41-31-33(32-42-44(38,39)40)43-35(37)30-28-26-24-22-19-16-14-12-10-8-6-4-2/h15,17,33H,3-14,16,18-32H2,1-2H3,(H2,38,39,40)/b17-15+/t33-/m1/s1. The van der Waals surface area contributed by atoms with Crippen LogP contribution in [-0.2, 0) is 28.2 Å². The van der Waals surface area contributed by atoms with Crippen molar-refractivity contribution >= 4 is 19.8 Å². The largest absolute Gasteiger partial charge is 0.469 e. The second-order valence-electron chi connectivity index (χ2n) is 12.2. The molecule has 1 atom stereocenters. The molecule has 2 N–H and O–H groups in total. The Morgan fingerprint density at radius 1 is 0.568 bits per heavy atom. The van der Waals surface area contributed by atoms with Crippen LogP contribution in [0.25, 0.3) is 0 Å². The summed E-state index contributed by atoms with van der Waals surface area (Å²) in [7, 11) is -4.74. The molecule has 0 saturated carbocycles. The Balaban J connectivity index is 3.98.